The number of nitrogens with one attached hydrogen (secondary N) is 1. The first-order chi connectivity index (χ1) is 16.2. The largest absolute Gasteiger partial charge is 0.378 e. The quantitative estimate of drug-likeness (QED) is 0.540. The van der Waals surface area contributed by atoms with Crippen molar-refractivity contribution in [3.63, 3.8) is 0 Å². The molecule has 0 radical (unpaired) electrons. The first-order valence-corrected chi connectivity index (χ1v) is 11.9. The lowest BCUT2D eigenvalue weighted by Crippen LogP contribution is -2.53. The van der Waals surface area contributed by atoms with E-state index in [-0.39, 0.29) is 11.8 Å². The highest BCUT2D eigenvalue weighted by atomic mass is 16.5. The van der Waals surface area contributed by atoms with Crippen LogP contribution in [0.25, 0.3) is 0 Å². The van der Waals surface area contributed by atoms with Crippen molar-refractivity contribution in [3.05, 3.63) is 71.8 Å². The first kappa shape index (κ1) is 23.3. The number of hydrogen-bond donors (Lipinski definition) is 1. The van der Waals surface area contributed by atoms with Crippen LogP contribution in [0.15, 0.2) is 65.7 Å². The molecule has 2 heterocycles. The normalized spacial score (nSPS) is 18.8. The van der Waals surface area contributed by atoms with Crippen LogP contribution in [-0.4, -0.2) is 92.6 Å². The Hall–Kier alpha value is -2.90. The molecule has 176 valence electrons. The van der Waals surface area contributed by atoms with Crippen LogP contribution in [0.2, 0.25) is 0 Å². The Labute approximate surface area is 197 Å². The van der Waals surface area contributed by atoms with E-state index in [1.807, 2.05) is 42.3 Å². The fourth-order valence-corrected chi connectivity index (χ4v) is 4.52. The van der Waals surface area contributed by atoms with Crippen LogP contribution in [0, 0.1) is 0 Å². The van der Waals surface area contributed by atoms with Crippen LogP contribution in [0.1, 0.15) is 17.0 Å². The number of rotatable bonds is 6. The Morgan fingerprint density at radius 3 is 2.18 bits per heavy atom. The van der Waals surface area contributed by atoms with Gasteiger partial charge in [-0.3, -0.25) is 14.7 Å². The fourth-order valence-electron chi connectivity index (χ4n) is 4.52. The lowest BCUT2D eigenvalue weighted by atomic mass is 9.97. The molecule has 2 aromatic rings. The first-order valence-electron chi connectivity index (χ1n) is 11.9. The zero-order valence-electron chi connectivity index (χ0n) is 19.5. The zero-order chi connectivity index (χ0) is 22.9. The van der Waals surface area contributed by atoms with Crippen molar-refractivity contribution in [3.8, 4) is 0 Å². The van der Waals surface area contributed by atoms with Gasteiger partial charge in [-0.2, -0.15) is 0 Å². The zero-order valence-corrected chi connectivity index (χ0v) is 19.5. The van der Waals surface area contributed by atoms with Crippen molar-refractivity contribution >= 4 is 11.9 Å². The maximum absolute atomic E-state index is 13.4. The summed E-state index contributed by atoms with van der Waals surface area (Å²) < 4.78 is 5.44. The molecular formula is C26H35N5O2. The third kappa shape index (κ3) is 6.33. The van der Waals surface area contributed by atoms with E-state index in [4.69, 9.17) is 4.74 Å². The molecule has 1 atom stereocenters. The van der Waals surface area contributed by atoms with E-state index in [0.29, 0.717) is 32.8 Å². The highest BCUT2D eigenvalue weighted by Gasteiger charge is 2.28. The summed E-state index contributed by atoms with van der Waals surface area (Å²) in [7, 11) is 1.82. The molecular weight excluding hydrogens is 414 g/mol. The van der Waals surface area contributed by atoms with Gasteiger partial charge >= 0.3 is 0 Å². The van der Waals surface area contributed by atoms with Gasteiger partial charge in [0.1, 0.15) is 0 Å². The molecule has 2 aliphatic rings. The van der Waals surface area contributed by atoms with Crippen LogP contribution in [-0.2, 0) is 16.1 Å². The summed E-state index contributed by atoms with van der Waals surface area (Å²) in [6, 6.07) is 20.7. The summed E-state index contributed by atoms with van der Waals surface area (Å²) in [5, 5.41) is 3.50. The Bertz CT molecular complexity index is 891. The molecule has 1 amide bonds. The Morgan fingerprint density at radius 1 is 0.909 bits per heavy atom. The van der Waals surface area contributed by atoms with Gasteiger partial charge in [-0.15, -0.1) is 0 Å². The summed E-state index contributed by atoms with van der Waals surface area (Å²) >= 11 is 0. The minimum Gasteiger partial charge on any atom is -0.378 e. The van der Waals surface area contributed by atoms with E-state index in [1.54, 1.807) is 0 Å². The molecule has 7 heteroatoms. The summed E-state index contributed by atoms with van der Waals surface area (Å²) in [6.07, 6.45) is 0. The minimum absolute atomic E-state index is 0.153. The Kier molecular flexibility index (Phi) is 8.33. The molecule has 0 saturated carbocycles. The molecule has 7 nitrogen and oxygen atoms in total. The van der Waals surface area contributed by atoms with Crippen LogP contribution in [0.3, 0.4) is 0 Å². The van der Waals surface area contributed by atoms with Crippen LogP contribution < -0.4 is 5.32 Å². The van der Waals surface area contributed by atoms with Crippen LogP contribution >= 0.6 is 0 Å². The average Bonchev–Trinajstić information content (AvgIpc) is 2.89. The van der Waals surface area contributed by atoms with Gasteiger partial charge in [0.2, 0.25) is 5.91 Å². The predicted molar refractivity (Wildman–Crippen MR) is 131 cm³/mol. The van der Waals surface area contributed by atoms with E-state index in [9.17, 15) is 4.79 Å². The number of carbonyl (C=O) groups excluding carboxylic acids is 1. The fraction of sp³-hybridized carbons (Fsp3) is 0.462. The van der Waals surface area contributed by atoms with Gasteiger partial charge < -0.3 is 19.9 Å². The van der Waals surface area contributed by atoms with Crippen LogP contribution in [0.4, 0.5) is 0 Å². The third-order valence-corrected chi connectivity index (χ3v) is 6.42. The number of ether oxygens (including phenoxy) is 1. The van der Waals surface area contributed by atoms with E-state index < -0.39 is 0 Å². The summed E-state index contributed by atoms with van der Waals surface area (Å²) in [6.45, 7) is 7.84. The molecule has 2 aliphatic heterocycles. The van der Waals surface area contributed by atoms with Crippen molar-refractivity contribution in [1.82, 2.24) is 20.0 Å². The molecule has 1 N–H and O–H groups in total. The molecule has 2 saturated heterocycles. The maximum Gasteiger partial charge on any atom is 0.232 e. The Balaban J connectivity index is 1.35. The maximum atomic E-state index is 13.4. The summed E-state index contributed by atoms with van der Waals surface area (Å²) in [4.78, 5) is 24.6. The minimum atomic E-state index is -0.250. The number of aliphatic imine (C=N–C) groups is 1. The predicted octanol–water partition coefficient (Wildman–Crippen LogP) is 2.02. The van der Waals surface area contributed by atoms with Crippen molar-refractivity contribution in [1.29, 1.82) is 0 Å². The van der Waals surface area contributed by atoms with Crippen molar-refractivity contribution in [2.24, 2.45) is 4.99 Å². The number of benzene rings is 2. The second kappa shape index (κ2) is 11.8. The second-order valence-corrected chi connectivity index (χ2v) is 8.58. The number of guanidine groups is 1. The van der Waals surface area contributed by atoms with Gasteiger partial charge in [0, 0.05) is 59.4 Å². The molecule has 0 aliphatic carbocycles. The molecule has 0 bridgehead atoms. The topological polar surface area (TPSA) is 60.4 Å². The molecule has 0 spiro atoms. The Morgan fingerprint density at radius 2 is 1.55 bits per heavy atom. The number of piperazine rings is 1. The van der Waals surface area contributed by atoms with Gasteiger partial charge in [-0.25, -0.2) is 0 Å². The lowest BCUT2D eigenvalue weighted by molar-refractivity contribution is -0.136. The van der Waals surface area contributed by atoms with Gasteiger partial charge in [0.05, 0.1) is 19.1 Å². The number of carbonyl (C=O) groups is 1. The number of amides is 1. The molecule has 2 fully saturated rings. The molecule has 2 aromatic carbocycles. The van der Waals surface area contributed by atoms with Gasteiger partial charge in [0.15, 0.2) is 5.96 Å². The number of hydrogen-bond acceptors (Lipinski definition) is 4. The van der Waals surface area contributed by atoms with E-state index in [2.05, 4.69) is 50.4 Å². The molecule has 4 rings (SSSR count). The SMILES string of the molecule is CN=C(NCC(C(=O)N1CCOCC1)c1ccccc1)N1CCN(Cc2ccccc2)CC1. The molecule has 0 aromatic heterocycles. The summed E-state index contributed by atoms with van der Waals surface area (Å²) in [5.74, 6) is 0.769. The van der Waals surface area contributed by atoms with Crippen molar-refractivity contribution in [2.45, 2.75) is 12.5 Å². The smallest absolute Gasteiger partial charge is 0.232 e. The average molecular weight is 450 g/mol. The van der Waals surface area contributed by atoms with E-state index >= 15 is 0 Å². The molecule has 1 unspecified atom stereocenters. The highest BCUT2D eigenvalue weighted by molar-refractivity contribution is 5.86. The summed E-state index contributed by atoms with van der Waals surface area (Å²) in [5.41, 5.74) is 2.38. The van der Waals surface area contributed by atoms with Gasteiger partial charge in [0.25, 0.3) is 0 Å². The van der Waals surface area contributed by atoms with Gasteiger partial charge in [-0.05, 0) is 11.1 Å². The standard InChI is InChI=1S/C26H35N5O2/c1-27-26(31-14-12-29(13-15-31)21-22-8-4-2-5-9-22)28-20-24(23-10-6-3-7-11-23)25(32)30-16-18-33-19-17-30/h2-11,24H,12-21H2,1H3,(H,27,28). The van der Waals surface area contributed by atoms with Crippen molar-refractivity contribution < 1.29 is 9.53 Å². The van der Waals surface area contributed by atoms with Crippen LogP contribution in [0.5, 0.6) is 0 Å². The molecule has 33 heavy (non-hydrogen) atoms. The second-order valence-electron chi connectivity index (χ2n) is 8.58. The van der Waals surface area contributed by atoms with E-state index in [0.717, 1.165) is 44.2 Å². The third-order valence-electron chi connectivity index (χ3n) is 6.42. The van der Waals surface area contributed by atoms with Crippen molar-refractivity contribution in [2.75, 3.05) is 66.1 Å². The van der Waals surface area contributed by atoms with Gasteiger partial charge in [-0.1, -0.05) is 60.7 Å². The lowest BCUT2D eigenvalue weighted by Gasteiger charge is -2.37. The number of morpholine rings is 1. The number of nitrogens with zero attached hydrogens (tertiary/aromatic N) is 4. The monoisotopic (exact) mass is 449 g/mol. The van der Waals surface area contributed by atoms with E-state index in [1.165, 1.54) is 5.56 Å². The highest BCUT2D eigenvalue weighted by Crippen LogP contribution is 2.19.